The molecule has 5 nitrogen and oxygen atoms in total. The second kappa shape index (κ2) is 7.04. The minimum Gasteiger partial charge on any atom is -0.371 e. The van der Waals surface area contributed by atoms with Gasteiger partial charge in [-0.25, -0.2) is 8.78 Å². The third-order valence-corrected chi connectivity index (χ3v) is 6.11. The Morgan fingerprint density at radius 3 is 2.61 bits per heavy atom. The van der Waals surface area contributed by atoms with Gasteiger partial charge in [0.1, 0.15) is 5.69 Å². The number of alkyl halides is 2. The zero-order chi connectivity index (χ0) is 21.8. The summed E-state index contributed by atoms with van der Waals surface area (Å²) in [5.41, 5.74) is 4.22. The molecule has 0 saturated carbocycles. The minimum absolute atomic E-state index is 0.117. The van der Waals surface area contributed by atoms with Crippen molar-refractivity contribution in [3.05, 3.63) is 71.2 Å². The van der Waals surface area contributed by atoms with Crippen molar-refractivity contribution in [1.29, 1.82) is 0 Å². The van der Waals surface area contributed by atoms with Crippen LogP contribution in [0, 0.1) is 0 Å². The van der Waals surface area contributed by atoms with Crippen molar-refractivity contribution < 1.29 is 8.78 Å². The van der Waals surface area contributed by atoms with Gasteiger partial charge in [-0.3, -0.25) is 9.48 Å². The Morgan fingerprint density at radius 2 is 1.84 bits per heavy atom. The van der Waals surface area contributed by atoms with Gasteiger partial charge in [0.2, 0.25) is 0 Å². The van der Waals surface area contributed by atoms with Crippen LogP contribution in [0.25, 0.3) is 38.6 Å². The number of nitrogens with one attached hydrogen (secondary N) is 1. The number of aryl methyl sites for hydroxylation is 1. The van der Waals surface area contributed by atoms with E-state index in [9.17, 15) is 13.6 Å². The fourth-order valence-corrected chi connectivity index (χ4v) is 4.28. The molecular formula is C24H22F2N4O. The monoisotopic (exact) mass is 420 g/mol. The highest BCUT2D eigenvalue weighted by Crippen LogP contribution is 2.34. The molecule has 0 unspecified atom stereocenters. The largest absolute Gasteiger partial charge is 0.371 e. The zero-order valence-electron chi connectivity index (χ0n) is 17.2. The lowest BCUT2D eigenvalue weighted by Crippen LogP contribution is -2.38. The number of hydrogen-bond donors (Lipinski definition) is 1. The number of fused-ring (bicyclic) bond motifs is 2. The van der Waals surface area contributed by atoms with Crippen LogP contribution in [-0.2, 0) is 7.05 Å². The summed E-state index contributed by atoms with van der Waals surface area (Å²) in [6.07, 6.45) is 1.35. The van der Waals surface area contributed by atoms with Crippen LogP contribution in [0.1, 0.15) is 18.4 Å². The van der Waals surface area contributed by atoms with Crippen molar-refractivity contribution in [1.82, 2.24) is 19.7 Å². The number of likely N-dealkylation sites (tertiary alicyclic amines) is 1. The van der Waals surface area contributed by atoms with E-state index in [0.717, 1.165) is 38.8 Å². The quantitative estimate of drug-likeness (QED) is 0.519. The van der Waals surface area contributed by atoms with Crippen LogP contribution in [0.3, 0.4) is 0 Å². The molecule has 1 N–H and O–H groups in total. The molecule has 0 spiro atoms. The summed E-state index contributed by atoms with van der Waals surface area (Å²) in [4.78, 5) is 16.6. The van der Waals surface area contributed by atoms with Crippen molar-refractivity contribution in [2.75, 3.05) is 13.1 Å². The Balaban J connectivity index is 1.51. The second-order valence-electron chi connectivity index (χ2n) is 8.10. The van der Waals surface area contributed by atoms with Crippen LogP contribution < -0.4 is 5.56 Å². The van der Waals surface area contributed by atoms with Crippen molar-refractivity contribution in [2.24, 2.45) is 7.05 Å². The highest BCUT2D eigenvalue weighted by Gasteiger charge is 2.34. The van der Waals surface area contributed by atoms with Crippen molar-refractivity contribution in [3.8, 4) is 11.3 Å². The van der Waals surface area contributed by atoms with Crippen LogP contribution in [0.2, 0.25) is 0 Å². The Morgan fingerprint density at radius 1 is 1.10 bits per heavy atom. The van der Waals surface area contributed by atoms with E-state index >= 15 is 0 Å². The van der Waals surface area contributed by atoms with Gasteiger partial charge < -0.3 is 9.88 Å². The summed E-state index contributed by atoms with van der Waals surface area (Å²) < 4.78 is 28.8. The summed E-state index contributed by atoms with van der Waals surface area (Å²) in [7, 11) is 1.88. The van der Waals surface area contributed by atoms with Gasteiger partial charge in [0.05, 0.1) is 5.52 Å². The smallest absolute Gasteiger partial charge is 0.255 e. The lowest BCUT2D eigenvalue weighted by atomic mass is 10.0. The first-order chi connectivity index (χ1) is 14.8. The molecule has 0 atom stereocenters. The van der Waals surface area contributed by atoms with E-state index in [0.29, 0.717) is 18.5 Å². The number of aromatic amines is 1. The van der Waals surface area contributed by atoms with Gasteiger partial charge in [-0.15, -0.1) is 0 Å². The fraction of sp³-hybridized carbons (Fsp3) is 0.250. The van der Waals surface area contributed by atoms with E-state index in [1.165, 1.54) is 0 Å². The van der Waals surface area contributed by atoms with Crippen LogP contribution in [-0.4, -0.2) is 38.7 Å². The molecule has 1 aliphatic rings. The number of H-pyrrole nitrogens is 1. The van der Waals surface area contributed by atoms with E-state index < -0.39 is 5.92 Å². The van der Waals surface area contributed by atoms with Crippen LogP contribution in [0.5, 0.6) is 0 Å². The first-order valence-corrected chi connectivity index (χ1v) is 10.2. The molecule has 2 aromatic heterocycles. The molecule has 1 aliphatic heterocycles. The maximum absolute atomic E-state index is 13.5. The van der Waals surface area contributed by atoms with Crippen LogP contribution in [0.15, 0.2) is 60.0 Å². The van der Waals surface area contributed by atoms with Gasteiger partial charge in [-0.05, 0) is 41.3 Å². The van der Waals surface area contributed by atoms with Gasteiger partial charge in [0.15, 0.2) is 0 Å². The van der Waals surface area contributed by atoms with E-state index in [4.69, 9.17) is 5.10 Å². The molecule has 1 saturated heterocycles. The maximum Gasteiger partial charge on any atom is 0.255 e. The average molecular weight is 420 g/mol. The maximum atomic E-state index is 13.5. The van der Waals surface area contributed by atoms with Gasteiger partial charge in [-0.2, -0.15) is 5.10 Å². The molecule has 7 heteroatoms. The van der Waals surface area contributed by atoms with Crippen LogP contribution in [0.4, 0.5) is 8.78 Å². The van der Waals surface area contributed by atoms with E-state index in [-0.39, 0.29) is 18.4 Å². The average Bonchev–Trinajstić information content (AvgIpc) is 3.09. The minimum atomic E-state index is -2.58. The molecule has 5 rings (SSSR count). The first kappa shape index (κ1) is 19.5. The van der Waals surface area contributed by atoms with Crippen molar-refractivity contribution >= 4 is 27.4 Å². The summed E-state index contributed by atoms with van der Waals surface area (Å²) in [6, 6.07) is 13.5. The molecule has 1 fully saturated rings. The second-order valence-corrected chi connectivity index (χ2v) is 8.10. The Labute approximate surface area is 177 Å². The normalized spacial score (nSPS) is 16.2. The highest BCUT2D eigenvalue weighted by molar-refractivity contribution is 5.97. The lowest BCUT2D eigenvalue weighted by Gasteiger charge is -2.34. The number of pyridine rings is 1. The Bertz CT molecular complexity index is 1380. The third-order valence-electron chi connectivity index (χ3n) is 6.11. The van der Waals surface area contributed by atoms with E-state index in [1.54, 1.807) is 6.20 Å². The molecule has 0 radical (unpaired) electrons. The molecule has 3 heterocycles. The zero-order valence-corrected chi connectivity index (χ0v) is 17.2. The van der Waals surface area contributed by atoms with Crippen molar-refractivity contribution in [2.45, 2.75) is 18.8 Å². The standard InChI is InChI=1S/C24H22F2N4O/c1-15(30-11-8-24(25,26)9-12-30)16-3-6-20-21(14-16)29(2)28-22(20)18-4-5-19-17(13-18)7-10-27-23(19)31/h3-7,10,13-14H,1,8-9,11-12H2,2H3,(H,27,31). The Kier molecular flexibility index (Phi) is 4.43. The van der Waals surface area contributed by atoms with E-state index in [2.05, 4.69) is 11.6 Å². The molecule has 2 aromatic carbocycles. The Hall–Kier alpha value is -3.48. The van der Waals surface area contributed by atoms with Gasteiger partial charge >= 0.3 is 0 Å². The van der Waals surface area contributed by atoms with Gasteiger partial charge in [0, 0.05) is 61.2 Å². The summed E-state index contributed by atoms with van der Waals surface area (Å²) in [5.74, 6) is -2.58. The third kappa shape index (κ3) is 3.40. The fourth-order valence-electron chi connectivity index (χ4n) is 4.28. The highest BCUT2D eigenvalue weighted by atomic mass is 19.3. The molecule has 4 aromatic rings. The number of aromatic nitrogens is 3. The molecule has 31 heavy (non-hydrogen) atoms. The number of hydrogen-bond acceptors (Lipinski definition) is 3. The SMILES string of the molecule is C=C(c1ccc2c(-c3ccc4c(=O)[nH]ccc4c3)nn(C)c2c1)N1CCC(F)(F)CC1. The van der Waals surface area contributed by atoms with Crippen molar-refractivity contribution in [3.63, 3.8) is 0 Å². The molecule has 158 valence electrons. The number of halogens is 2. The summed E-state index contributed by atoms with van der Waals surface area (Å²) in [6.45, 7) is 4.76. The first-order valence-electron chi connectivity index (χ1n) is 10.2. The summed E-state index contributed by atoms with van der Waals surface area (Å²) in [5, 5.41) is 7.18. The van der Waals surface area contributed by atoms with Gasteiger partial charge in [-0.1, -0.05) is 18.7 Å². The van der Waals surface area contributed by atoms with E-state index in [1.807, 2.05) is 59.1 Å². The predicted molar refractivity (Wildman–Crippen MR) is 119 cm³/mol. The number of rotatable bonds is 3. The molecular weight excluding hydrogens is 398 g/mol. The molecule has 0 bridgehead atoms. The topological polar surface area (TPSA) is 53.9 Å². The summed E-state index contributed by atoms with van der Waals surface area (Å²) >= 11 is 0. The number of piperidine rings is 1. The molecule has 0 aliphatic carbocycles. The molecule has 0 amide bonds. The predicted octanol–water partition coefficient (Wildman–Crippen LogP) is 4.78. The lowest BCUT2D eigenvalue weighted by molar-refractivity contribution is -0.0450. The van der Waals surface area contributed by atoms with Gasteiger partial charge in [0.25, 0.3) is 11.5 Å². The van der Waals surface area contributed by atoms with Crippen LogP contribution >= 0.6 is 0 Å². The number of benzene rings is 2. The number of nitrogens with zero attached hydrogens (tertiary/aromatic N) is 3.